The number of piperidine rings is 1. The van der Waals surface area contributed by atoms with Gasteiger partial charge in [-0.15, -0.1) is 0 Å². The van der Waals surface area contributed by atoms with Crippen LogP contribution in [0.4, 0.5) is 0 Å². The van der Waals surface area contributed by atoms with Crippen LogP contribution >= 0.6 is 0 Å². The molecule has 28 heavy (non-hydrogen) atoms. The minimum atomic E-state index is -3.53. The third-order valence-corrected chi connectivity index (χ3v) is 6.48. The highest BCUT2D eigenvalue weighted by molar-refractivity contribution is 7.89. The molecule has 0 aliphatic carbocycles. The maximum atomic E-state index is 12.7. The molecule has 2 rings (SSSR count). The van der Waals surface area contributed by atoms with Gasteiger partial charge in [-0.3, -0.25) is 9.59 Å². The quantitative estimate of drug-likeness (QED) is 0.781. The van der Waals surface area contributed by atoms with Crippen molar-refractivity contribution in [2.45, 2.75) is 57.4 Å². The van der Waals surface area contributed by atoms with Crippen LogP contribution in [0.15, 0.2) is 29.2 Å². The molecule has 0 radical (unpaired) electrons. The Bertz CT molecular complexity index is 792. The lowest BCUT2D eigenvalue weighted by Crippen LogP contribution is -2.47. The lowest BCUT2D eigenvalue weighted by Gasteiger charge is -2.26. The number of nitrogens with zero attached hydrogens (tertiary/aromatic N) is 2. The van der Waals surface area contributed by atoms with Crippen LogP contribution in [0, 0.1) is 0 Å². The van der Waals surface area contributed by atoms with E-state index in [0.29, 0.717) is 25.2 Å². The van der Waals surface area contributed by atoms with Gasteiger partial charge in [0.15, 0.2) is 0 Å². The Morgan fingerprint density at radius 1 is 1.07 bits per heavy atom. The predicted octanol–water partition coefficient (Wildman–Crippen LogP) is 2.24. The van der Waals surface area contributed by atoms with Crippen LogP contribution in [0.2, 0.25) is 0 Å². The average Bonchev–Trinajstić information content (AvgIpc) is 2.65. The maximum Gasteiger partial charge on any atom is 0.254 e. The smallest absolute Gasteiger partial charge is 0.254 e. The molecule has 2 amide bonds. The van der Waals surface area contributed by atoms with Gasteiger partial charge in [0, 0.05) is 30.7 Å². The molecule has 0 atom stereocenters. The summed E-state index contributed by atoms with van der Waals surface area (Å²) in [5.41, 5.74) is -0.00714. The Kier molecular flexibility index (Phi) is 7.22. The van der Waals surface area contributed by atoms with Gasteiger partial charge in [-0.05, 0) is 64.8 Å². The molecule has 1 heterocycles. The molecule has 0 spiro atoms. The van der Waals surface area contributed by atoms with E-state index in [-0.39, 0.29) is 28.8 Å². The second-order valence-electron chi connectivity index (χ2n) is 8.11. The zero-order chi connectivity index (χ0) is 20.9. The van der Waals surface area contributed by atoms with E-state index in [1.165, 1.54) is 33.5 Å². The molecule has 1 saturated heterocycles. The highest BCUT2D eigenvalue weighted by atomic mass is 32.2. The van der Waals surface area contributed by atoms with Gasteiger partial charge in [-0.1, -0.05) is 6.42 Å². The van der Waals surface area contributed by atoms with Gasteiger partial charge < -0.3 is 10.2 Å². The number of rotatable bonds is 6. The van der Waals surface area contributed by atoms with Crippen molar-refractivity contribution in [1.29, 1.82) is 0 Å². The molecule has 7 nitrogen and oxygen atoms in total. The molecule has 0 unspecified atom stereocenters. The minimum absolute atomic E-state index is 0.0412. The van der Waals surface area contributed by atoms with E-state index in [0.717, 1.165) is 19.3 Å². The van der Waals surface area contributed by atoms with Crippen molar-refractivity contribution < 1.29 is 18.0 Å². The SMILES string of the molecule is CCN(CC(=O)NC(C)(C)C)C(=O)c1ccc(S(=O)(=O)N2CCCCC2)cc1. The number of amides is 2. The summed E-state index contributed by atoms with van der Waals surface area (Å²) in [5.74, 6) is -0.527. The van der Waals surface area contributed by atoms with Gasteiger partial charge >= 0.3 is 0 Å². The summed E-state index contributed by atoms with van der Waals surface area (Å²) in [4.78, 5) is 26.5. The van der Waals surface area contributed by atoms with Gasteiger partial charge in [-0.2, -0.15) is 4.31 Å². The molecular weight excluding hydrogens is 378 g/mol. The van der Waals surface area contributed by atoms with E-state index in [4.69, 9.17) is 0 Å². The number of carbonyl (C=O) groups excluding carboxylic acids is 2. The number of likely N-dealkylation sites (N-methyl/N-ethyl adjacent to an activating group) is 1. The van der Waals surface area contributed by atoms with E-state index >= 15 is 0 Å². The van der Waals surface area contributed by atoms with E-state index in [2.05, 4.69) is 5.32 Å². The van der Waals surface area contributed by atoms with Crippen LogP contribution in [-0.4, -0.2) is 61.2 Å². The summed E-state index contributed by atoms with van der Waals surface area (Å²) in [7, 11) is -3.53. The molecule has 1 N–H and O–H groups in total. The van der Waals surface area contributed by atoms with Crippen molar-refractivity contribution in [1.82, 2.24) is 14.5 Å². The maximum absolute atomic E-state index is 12.7. The zero-order valence-electron chi connectivity index (χ0n) is 17.2. The van der Waals surface area contributed by atoms with Gasteiger partial charge in [0.2, 0.25) is 15.9 Å². The molecule has 0 saturated carbocycles. The molecule has 0 bridgehead atoms. The summed E-state index contributed by atoms with van der Waals surface area (Å²) < 4.78 is 26.9. The highest BCUT2D eigenvalue weighted by Crippen LogP contribution is 2.21. The fourth-order valence-electron chi connectivity index (χ4n) is 3.16. The summed E-state index contributed by atoms with van der Waals surface area (Å²) in [6, 6.07) is 5.98. The topological polar surface area (TPSA) is 86.8 Å². The molecule has 1 aromatic carbocycles. The van der Waals surface area contributed by atoms with Crippen LogP contribution in [0.25, 0.3) is 0 Å². The molecule has 8 heteroatoms. The van der Waals surface area contributed by atoms with Gasteiger partial charge in [0.25, 0.3) is 5.91 Å². The van der Waals surface area contributed by atoms with Crippen LogP contribution < -0.4 is 5.32 Å². The number of nitrogens with one attached hydrogen (secondary N) is 1. The Labute approximate surface area is 168 Å². The number of carbonyl (C=O) groups is 2. The largest absolute Gasteiger partial charge is 0.350 e. The van der Waals surface area contributed by atoms with E-state index in [1.807, 2.05) is 20.8 Å². The molecular formula is C20H31N3O4S. The lowest BCUT2D eigenvalue weighted by molar-refractivity contribution is -0.123. The molecule has 1 fully saturated rings. The molecule has 0 aromatic heterocycles. The summed E-state index contributed by atoms with van der Waals surface area (Å²) in [6.45, 7) is 8.85. The summed E-state index contributed by atoms with van der Waals surface area (Å²) in [5, 5.41) is 2.84. The Balaban J connectivity index is 2.10. The number of hydrogen-bond acceptors (Lipinski definition) is 4. The van der Waals surface area contributed by atoms with Crippen molar-refractivity contribution in [3.8, 4) is 0 Å². The molecule has 1 aliphatic heterocycles. The first-order chi connectivity index (χ1) is 13.0. The highest BCUT2D eigenvalue weighted by Gasteiger charge is 2.26. The average molecular weight is 410 g/mol. The fraction of sp³-hybridized carbons (Fsp3) is 0.600. The van der Waals surface area contributed by atoms with Crippen LogP contribution in [0.5, 0.6) is 0 Å². The van der Waals surface area contributed by atoms with Gasteiger partial charge in [-0.25, -0.2) is 8.42 Å². The van der Waals surface area contributed by atoms with E-state index in [1.54, 1.807) is 6.92 Å². The standard InChI is InChI=1S/C20H31N3O4S/c1-5-22(15-18(24)21-20(2,3)4)19(25)16-9-11-17(12-10-16)28(26,27)23-13-7-6-8-14-23/h9-12H,5-8,13-15H2,1-4H3,(H,21,24). The van der Waals surface area contributed by atoms with Gasteiger partial charge in [0.05, 0.1) is 11.4 Å². The summed E-state index contributed by atoms with van der Waals surface area (Å²) >= 11 is 0. The third kappa shape index (κ3) is 5.78. The zero-order valence-corrected chi connectivity index (χ0v) is 18.0. The second-order valence-corrected chi connectivity index (χ2v) is 10.0. The Morgan fingerprint density at radius 3 is 2.14 bits per heavy atom. The van der Waals surface area contributed by atoms with Crippen LogP contribution in [0.3, 0.4) is 0 Å². The van der Waals surface area contributed by atoms with Crippen molar-refractivity contribution in [3.63, 3.8) is 0 Å². The fourth-order valence-corrected chi connectivity index (χ4v) is 4.68. The van der Waals surface area contributed by atoms with Crippen molar-refractivity contribution in [3.05, 3.63) is 29.8 Å². The number of sulfonamides is 1. The third-order valence-electron chi connectivity index (χ3n) is 4.57. The van der Waals surface area contributed by atoms with E-state index in [9.17, 15) is 18.0 Å². The Morgan fingerprint density at radius 2 is 1.64 bits per heavy atom. The number of hydrogen-bond donors (Lipinski definition) is 1. The minimum Gasteiger partial charge on any atom is -0.350 e. The van der Waals surface area contributed by atoms with E-state index < -0.39 is 10.0 Å². The van der Waals surface area contributed by atoms with Crippen molar-refractivity contribution in [2.75, 3.05) is 26.2 Å². The van der Waals surface area contributed by atoms with Crippen LogP contribution in [0.1, 0.15) is 57.3 Å². The monoisotopic (exact) mass is 409 g/mol. The first kappa shape index (κ1) is 22.4. The van der Waals surface area contributed by atoms with Crippen LogP contribution in [-0.2, 0) is 14.8 Å². The second kappa shape index (κ2) is 9.05. The molecule has 1 aliphatic rings. The van der Waals surface area contributed by atoms with Gasteiger partial charge in [0.1, 0.15) is 0 Å². The lowest BCUT2D eigenvalue weighted by atomic mass is 10.1. The molecule has 156 valence electrons. The number of benzene rings is 1. The van der Waals surface area contributed by atoms with Crippen molar-refractivity contribution in [2.24, 2.45) is 0 Å². The first-order valence-electron chi connectivity index (χ1n) is 9.75. The normalized spacial score (nSPS) is 15.9. The predicted molar refractivity (Wildman–Crippen MR) is 109 cm³/mol. The van der Waals surface area contributed by atoms with Crippen molar-refractivity contribution >= 4 is 21.8 Å². The Hall–Kier alpha value is -1.93. The molecule has 1 aromatic rings. The summed E-state index contributed by atoms with van der Waals surface area (Å²) in [6.07, 6.45) is 2.80. The first-order valence-corrected chi connectivity index (χ1v) is 11.2.